The van der Waals surface area contributed by atoms with Crippen LogP contribution in [0.3, 0.4) is 0 Å². The van der Waals surface area contributed by atoms with Crippen molar-refractivity contribution >= 4 is 0 Å². The number of aromatic amines is 1. The molecule has 30 heavy (non-hydrogen) atoms. The summed E-state index contributed by atoms with van der Waals surface area (Å²) in [6.07, 6.45) is -0.441. The highest BCUT2D eigenvalue weighted by Crippen LogP contribution is 2.41. The van der Waals surface area contributed by atoms with Crippen LogP contribution >= 0.6 is 0 Å². The van der Waals surface area contributed by atoms with E-state index in [0.29, 0.717) is 30.1 Å². The SMILES string of the molecule is CCCCN(C)Cc1[nH]ncc1-c1cc(C(F)(F)F)c(OCCC(C)C)cc1C#N. The second-order valence-corrected chi connectivity index (χ2v) is 7.89. The van der Waals surface area contributed by atoms with E-state index in [-0.39, 0.29) is 23.5 Å². The zero-order chi connectivity index (χ0) is 22.3. The van der Waals surface area contributed by atoms with Crippen LogP contribution in [0.4, 0.5) is 13.2 Å². The van der Waals surface area contributed by atoms with Crippen molar-refractivity contribution in [3.8, 4) is 22.9 Å². The summed E-state index contributed by atoms with van der Waals surface area (Å²) < 4.78 is 46.7. The number of ether oxygens (including phenoxy) is 1. The molecule has 0 aliphatic carbocycles. The molecule has 0 aliphatic heterocycles. The minimum absolute atomic E-state index is 0.126. The van der Waals surface area contributed by atoms with Crippen LogP contribution < -0.4 is 4.74 Å². The molecular weight excluding hydrogens is 393 g/mol. The van der Waals surface area contributed by atoms with E-state index in [0.717, 1.165) is 25.5 Å². The fraction of sp³-hybridized carbons (Fsp3) is 0.545. The van der Waals surface area contributed by atoms with Crippen LogP contribution in [0.5, 0.6) is 5.75 Å². The highest BCUT2D eigenvalue weighted by Gasteiger charge is 2.36. The van der Waals surface area contributed by atoms with Crippen LogP contribution in [0, 0.1) is 17.2 Å². The fourth-order valence-electron chi connectivity index (χ4n) is 3.08. The standard InChI is InChI=1S/C22H29F3N4O/c1-5-6-8-29(4)14-20-18(13-27-28-20)17-11-19(22(23,24)25)21(10-16(17)12-26)30-9-7-15(2)3/h10-11,13,15H,5-9,14H2,1-4H3,(H,27,28). The Labute approximate surface area is 175 Å². The molecule has 1 aromatic heterocycles. The number of alkyl halides is 3. The number of aromatic nitrogens is 2. The zero-order valence-electron chi connectivity index (χ0n) is 17.9. The van der Waals surface area contributed by atoms with E-state index in [1.807, 2.05) is 27.0 Å². The van der Waals surface area contributed by atoms with Gasteiger partial charge < -0.3 is 9.64 Å². The summed E-state index contributed by atoms with van der Waals surface area (Å²) in [4.78, 5) is 2.07. The largest absolute Gasteiger partial charge is 0.493 e. The van der Waals surface area contributed by atoms with E-state index in [9.17, 15) is 18.4 Å². The van der Waals surface area contributed by atoms with Crippen molar-refractivity contribution in [3.63, 3.8) is 0 Å². The maximum absolute atomic E-state index is 13.7. The smallest absolute Gasteiger partial charge is 0.419 e. The lowest BCUT2D eigenvalue weighted by Crippen LogP contribution is -2.19. The molecule has 0 radical (unpaired) electrons. The molecule has 0 aliphatic rings. The van der Waals surface area contributed by atoms with Gasteiger partial charge in [-0.15, -0.1) is 0 Å². The van der Waals surface area contributed by atoms with Crippen molar-refractivity contribution in [2.75, 3.05) is 20.2 Å². The van der Waals surface area contributed by atoms with Crippen molar-refractivity contribution in [1.29, 1.82) is 5.26 Å². The van der Waals surface area contributed by atoms with Crippen LogP contribution in [-0.2, 0) is 12.7 Å². The molecule has 0 atom stereocenters. The Morgan fingerprint density at radius 1 is 1.27 bits per heavy atom. The van der Waals surface area contributed by atoms with Gasteiger partial charge in [-0.3, -0.25) is 5.10 Å². The number of nitrogens with zero attached hydrogens (tertiary/aromatic N) is 3. The Morgan fingerprint density at radius 2 is 2.00 bits per heavy atom. The second-order valence-electron chi connectivity index (χ2n) is 7.89. The first kappa shape index (κ1) is 23.7. The number of nitriles is 1. The van der Waals surface area contributed by atoms with Crippen molar-refractivity contribution in [2.24, 2.45) is 5.92 Å². The average molecular weight is 422 g/mol. The lowest BCUT2D eigenvalue weighted by atomic mass is 9.97. The van der Waals surface area contributed by atoms with E-state index in [4.69, 9.17) is 4.74 Å². The van der Waals surface area contributed by atoms with Crippen LogP contribution in [0.15, 0.2) is 18.3 Å². The molecule has 0 unspecified atom stereocenters. The van der Waals surface area contributed by atoms with E-state index in [1.165, 1.54) is 12.3 Å². The van der Waals surface area contributed by atoms with Crippen LogP contribution in [0.2, 0.25) is 0 Å². The lowest BCUT2D eigenvalue weighted by Gasteiger charge is -2.19. The number of rotatable bonds is 10. The van der Waals surface area contributed by atoms with Gasteiger partial charge in [0.25, 0.3) is 0 Å². The van der Waals surface area contributed by atoms with Crippen molar-refractivity contribution < 1.29 is 17.9 Å². The Kier molecular flexibility index (Phi) is 8.30. The molecule has 2 rings (SSSR count). The van der Waals surface area contributed by atoms with Crippen molar-refractivity contribution in [2.45, 2.75) is 52.8 Å². The summed E-state index contributed by atoms with van der Waals surface area (Å²) in [5.41, 5.74) is 0.614. The molecule has 1 aromatic carbocycles. The maximum Gasteiger partial charge on any atom is 0.419 e. The summed E-state index contributed by atoms with van der Waals surface area (Å²) in [5.74, 6) is -0.0132. The lowest BCUT2D eigenvalue weighted by molar-refractivity contribution is -0.138. The van der Waals surface area contributed by atoms with Gasteiger partial charge in [0, 0.05) is 17.7 Å². The Hall–Kier alpha value is -2.53. The summed E-state index contributed by atoms with van der Waals surface area (Å²) >= 11 is 0. The zero-order valence-corrected chi connectivity index (χ0v) is 17.9. The fourth-order valence-corrected chi connectivity index (χ4v) is 3.08. The van der Waals surface area contributed by atoms with E-state index < -0.39 is 11.7 Å². The molecule has 0 bridgehead atoms. The van der Waals surface area contributed by atoms with E-state index in [1.54, 1.807) is 0 Å². The van der Waals surface area contributed by atoms with Crippen molar-refractivity contribution in [1.82, 2.24) is 15.1 Å². The molecule has 2 aromatic rings. The summed E-state index contributed by atoms with van der Waals surface area (Å²) in [6.45, 7) is 7.54. The number of H-pyrrole nitrogens is 1. The van der Waals surface area contributed by atoms with Crippen LogP contribution in [0.25, 0.3) is 11.1 Å². The minimum atomic E-state index is -4.60. The number of hydrogen-bond acceptors (Lipinski definition) is 4. The molecule has 0 saturated carbocycles. The van der Waals surface area contributed by atoms with Gasteiger partial charge in [-0.2, -0.15) is 23.5 Å². The Bertz CT molecular complexity index is 868. The van der Waals surface area contributed by atoms with Crippen LogP contribution in [0.1, 0.15) is 56.9 Å². The molecule has 1 heterocycles. The van der Waals surface area contributed by atoms with Crippen molar-refractivity contribution in [3.05, 3.63) is 35.2 Å². The van der Waals surface area contributed by atoms with Gasteiger partial charge in [0.1, 0.15) is 5.75 Å². The number of hydrogen-bond donors (Lipinski definition) is 1. The topological polar surface area (TPSA) is 64.9 Å². The number of halogens is 3. The average Bonchev–Trinajstić information content (AvgIpc) is 3.12. The Morgan fingerprint density at radius 3 is 2.60 bits per heavy atom. The van der Waals surface area contributed by atoms with Gasteiger partial charge in [0.2, 0.25) is 0 Å². The predicted molar refractivity (Wildman–Crippen MR) is 110 cm³/mol. The molecule has 164 valence electrons. The predicted octanol–water partition coefficient (Wildman–Crippen LogP) is 5.62. The van der Waals surface area contributed by atoms with E-state index >= 15 is 0 Å². The highest BCUT2D eigenvalue weighted by atomic mass is 19.4. The summed E-state index contributed by atoms with van der Waals surface area (Å²) in [7, 11) is 1.94. The molecule has 0 amide bonds. The van der Waals surface area contributed by atoms with Gasteiger partial charge in [-0.25, -0.2) is 0 Å². The number of nitrogens with one attached hydrogen (secondary N) is 1. The molecule has 0 spiro atoms. The third kappa shape index (κ3) is 6.23. The maximum atomic E-state index is 13.7. The molecular formula is C22H29F3N4O. The Balaban J connectivity index is 2.44. The van der Waals surface area contributed by atoms with Gasteiger partial charge in [-0.1, -0.05) is 27.2 Å². The third-order valence-electron chi connectivity index (χ3n) is 4.83. The van der Waals surface area contributed by atoms with Gasteiger partial charge >= 0.3 is 6.18 Å². The summed E-state index contributed by atoms with van der Waals surface area (Å²) in [6, 6.07) is 4.21. The number of benzene rings is 1. The van der Waals surface area contributed by atoms with E-state index in [2.05, 4.69) is 22.0 Å². The monoisotopic (exact) mass is 422 g/mol. The molecule has 0 fully saturated rings. The normalized spacial score (nSPS) is 11.9. The first-order chi connectivity index (χ1) is 14.2. The quantitative estimate of drug-likeness (QED) is 0.539. The molecule has 5 nitrogen and oxygen atoms in total. The molecule has 0 saturated heterocycles. The second kappa shape index (κ2) is 10.5. The van der Waals surface area contributed by atoms with Gasteiger partial charge in [-0.05, 0) is 44.5 Å². The highest BCUT2D eigenvalue weighted by molar-refractivity contribution is 5.74. The minimum Gasteiger partial charge on any atom is -0.493 e. The first-order valence-electron chi connectivity index (χ1n) is 10.2. The van der Waals surface area contributed by atoms with Crippen LogP contribution in [-0.4, -0.2) is 35.3 Å². The van der Waals surface area contributed by atoms with Gasteiger partial charge in [0.15, 0.2) is 0 Å². The third-order valence-corrected chi connectivity index (χ3v) is 4.83. The molecule has 8 heteroatoms. The molecule has 1 N–H and O–H groups in total. The summed E-state index contributed by atoms with van der Waals surface area (Å²) in [5, 5.41) is 16.5. The number of unbranched alkanes of at least 4 members (excludes halogenated alkanes) is 1. The first-order valence-corrected chi connectivity index (χ1v) is 10.2. The van der Waals surface area contributed by atoms with Gasteiger partial charge in [0.05, 0.1) is 35.7 Å².